The molecule has 0 spiro atoms. The molecule has 0 N–H and O–H groups in total. The second-order valence-electron chi connectivity index (χ2n) is 4.63. The zero-order valence-electron chi connectivity index (χ0n) is 11.4. The van der Waals surface area contributed by atoms with Crippen LogP contribution in [0.3, 0.4) is 0 Å². The van der Waals surface area contributed by atoms with Gasteiger partial charge in [0.1, 0.15) is 17.8 Å². The Hall–Kier alpha value is -2.75. The van der Waals surface area contributed by atoms with Crippen LogP contribution in [0, 0.1) is 0 Å². The SMILES string of the molecule is O=CCCc1ccc(-c2cnc(-c3ccccc3)nc2)o1. The molecule has 21 heavy (non-hydrogen) atoms. The number of carbonyl (C=O) groups excluding carboxylic acids is 1. The van der Waals surface area contributed by atoms with Gasteiger partial charge in [0.05, 0.1) is 5.56 Å². The molecule has 0 fully saturated rings. The fourth-order valence-electron chi connectivity index (χ4n) is 2.06. The molecule has 3 aromatic rings. The van der Waals surface area contributed by atoms with E-state index in [-0.39, 0.29) is 0 Å². The number of aldehydes is 1. The second-order valence-corrected chi connectivity index (χ2v) is 4.63. The lowest BCUT2D eigenvalue weighted by atomic mass is 10.2. The Labute approximate surface area is 122 Å². The van der Waals surface area contributed by atoms with Crippen LogP contribution in [0.1, 0.15) is 12.2 Å². The van der Waals surface area contributed by atoms with Gasteiger partial charge in [0.25, 0.3) is 0 Å². The van der Waals surface area contributed by atoms with Crippen molar-refractivity contribution in [2.45, 2.75) is 12.8 Å². The Bertz CT molecular complexity index is 718. The summed E-state index contributed by atoms with van der Waals surface area (Å²) >= 11 is 0. The van der Waals surface area contributed by atoms with Gasteiger partial charge < -0.3 is 9.21 Å². The Kier molecular flexibility index (Phi) is 3.87. The number of nitrogens with zero attached hydrogens (tertiary/aromatic N) is 2. The number of aryl methyl sites for hydroxylation is 1. The smallest absolute Gasteiger partial charge is 0.159 e. The molecule has 0 bridgehead atoms. The molecule has 4 nitrogen and oxygen atoms in total. The normalized spacial score (nSPS) is 10.5. The Morgan fingerprint density at radius 2 is 1.71 bits per heavy atom. The van der Waals surface area contributed by atoms with Crippen molar-refractivity contribution >= 4 is 6.29 Å². The first-order chi connectivity index (χ1) is 10.4. The van der Waals surface area contributed by atoms with Crippen molar-refractivity contribution in [2.24, 2.45) is 0 Å². The van der Waals surface area contributed by atoms with Crippen molar-refractivity contribution in [2.75, 3.05) is 0 Å². The summed E-state index contributed by atoms with van der Waals surface area (Å²) in [5.74, 6) is 2.20. The number of rotatable bonds is 5. The molecule has 0 saturated carbocycles. The molecule has 2 heterocycles. The van der Waals surface area contributed by atoms with Crippen LogP contribution in [0.4, 0.5) is 0 Å². The fourth-order valence-corrected chi connectivity index (χ4v) is 2.06. The van der Waals surface area contributed by atoms with Gasteiger partial charge in [0.15, 0.2) is 5.82 Å². The summed E-state index contributed by atoms with van der Waals surface area (Å²) in [6.07, 6.45) is 5.47. The molecule has 4 heteroatoms. The van der Waals surface area contributed by atoms with Crippen molar-refractivity contribution in [3.63, 3.8) is 0 Å². The Balaban J connectivity index is 1.81. The van der Waals surface area contributed by atoms with Crippen LogP contribution < -0.4 is 0 Å². The van der Waals surface area contributed by atoms with Crippen molar-refractivity contribution in [3.8, 4) is 22.7 Å². The van der Waals surface area contributed by atoms with Crippen molar-refractivity contribution < 1.29 is 9.21 Å². The first kappa shape index (κ1) is 13.2. The van der Waals surface area contributed by atoms with E-state index in [1.807, 2.05) is 42.5 Å². The molecule has 0 aliphatic rings. The number of furan rings is 1. The second kappa shape index (κ2) is 6.13. The predicted molar refractivity (Wildman–Crippen MR) is 79.6 cm³/mol. The fraction of sp³-hybridized carbons (Fsp3) is 0.118. The van der Waals surface area contributed by atoms with Gasteiger partial charge in [-0.2, -0.15) is 0 Å². The van der Waals surface area contributed by atoms with Crippen molar-refractivity contribution in [3.05, 3.63) is 60.6 Å². The van der Waals surface area contributed by atoms with E-state index in [0.717, 1.165) is 28.9 Å². The molecule has 2 aromatic heterocycles. The minimum Gasteiger partial charge on any atom is -0.461 e. The van der Waals surface area contributed by atoms with Gasteiger partial charge in [-0.3, -0.25) is 0 Å². The van der Waals surface area contributed by atoms with Crippen LogP contribution in [0.25, 0.3) is 22.7 Å². The lowest BCUT2D eigenvalue weighted by Crippen LogP contribution is -1.88. The average Bonchev–Trinajstić information content (AvgIpc) is 3.03. The van der Waals surface area contributed by atoms with Crippen molar-refractivity contribution in [1.29, 1.82) is 0 Å². The molecule has 1 aromatic carbocycles. The molecule has 0 unspecified atom stereocenters. The molecule has 3 rings (SSSR count). The van der Waals surface area contributed by atoms with Crippen LogP contribution in [0.15, 0.2) is 59.3 Å². The summed E-state index contributed by atoms with van der Waals surface area (Å²) in [7, 11) is 0. The predicted octanol–water partition coefficient (Wildman–Crippen LogP) is 3.54. The van der Waals surface area contributed by atoms with Gasteiger partial charge in [0, 0.05) is 30.8 Å². The van der Waals surface area contributed by atoms with E-state index >= 15 is 0 Å². The van der Waals surface area contributed by atoms with E-state index in [1.54, 1.807) is 12.4 Å². The lowest BCUT2D eigenvalue weighted by Gasteiger charge is -2.01. The highest BCUT2D eigenvalue weighted by atomic mass is 16.3. The van der Waals surface area contributed by atoms with Crippen LogP contribution in [0.5, 0.6) is 0 Å². The number of hydrogen-bond donors (Lipinski definition) is 0. The highest BCUT2D eigenvalue weighted by Crippen LogP contribution is 2.23. The summed E-state index contributed by atoms with van der Waals surface area (Å²) in [5.41, 5.74) is 1.81. The summed E-state index contributed by atoms with van der Waals surface area (Å²) in [6, 6.07) is 13.6. The topological polar surface area (TPSA) is 56.0 Å². The van der Waals surface area contributed by atoms with Crippen LogP contribution in [0.2, 0.25) is 0 Å². The molecule has 0 saturated heterocycles. The van der Waals surface area contributed by atoms with Gasteiger partial charge >= 0.3 is 0 Å². The van der Waals surface area contributed by atoms with Gasteiger partial charge in [-0.15, -0.1) is 0 Å². The summed E-state index contributed by atoms with van der Waals surface area (Å²) in [6.45, 7) is 0. The molecule has 104 valence electrons. The van der Waals surface area contributed by atoms with Crippen LogP contribution >= 0.6 is 0 Å². The third-order valence-electron chi connectivity index (χ3n) is 3.14. The van der Waals surface area contributed by atoms with E-state index in [0.29, 0.717) is 18.7 Å². The molecule has 0 aliphatic carbocycles. The molecular formula is C17H14N2O2. The molecule has 0 radical (unpaired) electrons. The van der Waals surface area contributed by atoms with Gasteiger partial charge in [-0.25, -0.2) is 9.97 Å². The zero-order valence-corrected chi connectivity index (χ0v) is 11.4. The molecule has 0 aliphatic heterocycles. The van der Waals surface area contributed by atoms with E-state index in [9.17, 15) is 4.79 Å². The molecule has 0 atom stereocenters. The van der Waals surface area contributed by atoms with Gasteiger partial charge in [-0.1, -0.05) is 30.3 Å². The maximum Gasteiger partial charge on any atom is 0.159 e. The summed E-state index contributed by atoms with van der Waals surface area (Å²) in [4.78, 5) is 19.1. The number of benzene rings is 1. The first-order valence-corrected chi connectivity index (χ1v) is 6.77. The highest BCUT2D eigenvalue weighted by Gasteiger charge is 2.07. The maximum atomic E-state index is 10.4. The summed E-state index contributed by atoms with van der Waals surface area (Å²) < 4.78 is 5.68. The largest absolute Gasteiger partial charge is 0.461 e. The van der Waals surface area contributed by atoms with E-state index < -0.39 is 0 Å². The minimum atomic E-state index is 0.469. The van der Waals surface area contributed by atoms with Gasteiger partial charge in [-0.05, 0) is 12.1 Å². The van der Waals surface area contributed by atoms with Crippen molar-refractivity contribution in [1.82, 2.24) is 9.97 Å². The quantitative estimate of drug-likeness (QED) is 0.670. The minimum absolute atomic E-state index is 0.469. The first-order valence-electron chi connectivity index (χ1n) is 6.77. The van der Waals surface area contributed by atoms with Crippen LogP contribution in [-0.2, 0) is 11.2 Å². The summed E-state index contributed by atoms with van der Waals surface area (Å²) in [5, 5.41) is 0. The van der Waals surface area contributed by atoms with Crippen LogP contribution in [-0.4, -0.2) is 16.3 Å². The standard InChI is InChI=1S/C17H14N2O2/c20-10-4-7-15-8-9-16(21-15)14-11-18-17(19-12-14)13-5-2-1-3-6-13/h1-3,5-6,8-12H,4,7H2. The zero-order chi connectivity index (χ0) is 14.5. The maximum absolute atomic E-state index is 10.4. The number of aromatic nitrogens is 2. The highest BCUT2D eigenvalue weighted by molar-refractivity contribution is 5.59. The number of hydrogen-bond acceptors (Lipinski definition) is 4. The van der Waals surface area contributed by atoms with E-state index in [2.05, 4.69) is 9.97 Å². The van der Waals surface area contributed by atoms with Gasteiger partial charge in [0.2, 0.25) is 0 Å². The lowest BCUT2D eigenvalue weighted by molar-refractivity contribution is -0.107. The number of carbonyl (C=O) groups is 1. The van der Waals surface area contributed by atoms with E-state index in [1.165, 1.54) is 0 Å². The monoisotopic (exact) mass is 278 g/mol. The van der Waals surface area contributed by atoms with E-state index in [4.69, 9.17) is 4.42 Å². The molecular weight excluding hydrogens is 264 g/mol. The Morgan fingerprint density at radius 3 is 2.43 bits per heavy atom. The average molecular weight is 278 g/mol. The molecule has 0 amide bonds. The third kappa shape index (κ3) is 3.05. The third-order valence-corrected chi connectivity index (χ3v) is 3.14. The Morgan fingerprint density at radius 1 is 0.952 bits per heavy atom.